The molecule has 0 aromatic carbocycles. The van der Waals surface area contributed by atoms with Gasteiger partial charge >= 0.3 is 0 Å². The van der Waals surface area contributed by atoms with Crippen molar-refractivity contribution >= 4 is 35.8 Å². The summed E-state index contributed by atoms with van der Waals surface area (Å²) in [6.45, 7) is 1.22. The lowest BCUT2D eigenvalue weighted by Crippen LogP contribution is -2.24. The summed E-state index contributed by atoms with van der Waals surface area (Å²) in [6, 6.07) is 5.59. The molecule has 106 valence electrons. The van der Waals surface area contributed by atoms with Gasteiger partial charge in [0, 0.05) is 6.20 Å². The van der Waals surface area contributed by atoms with Crippen LogP contribution < -0.4 is 11.1 Å². The third kappa shape index (κ3) is 6.20. The molecule has 1 aliphatic rings. The molecule has 5 nitrogen and oxygen atoms in total. The second kappa shape index (κ2) is 9.08. The van der Waals surface area contributed by atoms with Crippen molar-refractivity contribution in [3.8, 4) is 0 Å². The summed E-state index contributed by atoms with van der Waals surface area (Å²) < 4.78 is 5.70. The Labute approximate surface area is 131 Å². The monoisotopic (exact) mass is 376 g/mol. The zero-order chi connectivity index (χ0) is 12.6. The molecule has 1 heterocycles. The quantitative estimate of drug-likeness (QED) is 0.358. The Morgan fingerprint density at radius 2 is 2.21 bits per heavy atom. The number of hydrogen-bond acceptors (Lipinski definition) is 3. The van der Waals surface area contributed by atoms with E-state index in [0.717, 1.165) is 0 Å². The second-order valence-electron chi connectivity index (χ2n) is 4.38. The summed E-state index contributed by atoms with van der Waals surface area (Å²) in [4.78, 5) is 8.31. The highest BCUT2D eigenvalue weighted by Gasteiger charge is 2.14. The van der Waals surface area contributed by atoms with E-state index >= 15 is 0 Å². The molecule has 1 aliphatic carbocycles. The molecule has 1 fully saturated rings. The largest absolute Gasteiger partial charge is 0.376 e. The smallest absolute Gasteiger partial charge is 0.194 e. The van der Waals surface area contributed by atoms with Crippen LogP contribution in [0.5, 0.6) is 0 Å². The van der Waals surface area contributed by atoms with Gasteiger partial charge in [0.25, 0.3) is 0 Å². The number of guanidine groups is 1. The zero-order valence-corrected chi connectivity index (χ0v) is 13.2. The highest BCUT2D eigenvalue weighted by Crippen LogP contribution is 2.20. The summed E-state index contributed by atoms with van der Waals surface area (Å²) in [5.74, 6) is 1.08. The number of hydrogen-bond donors (Lipinski definition) is 2. The van der Waals surface area contributed by atoms with Crippen LogP contribution in [0.15, 0.2) is 29.4 Å². The van der Waals surface area contributed by atoms with Crippen LogP contribution in [0.3, 0.4) is 0 Å². The van der Waals surface area contributed by atoms with E-state index < -0.39 is 0 Å². The minimum Gasteiger partial charge on any atom is -0.376 e. The van der Waals surface area contributed by atoms with Crippen LogP contribution in [0.2, 0.25) is 0 Å². The Kier molecular flexibility index (Phi) is 7.73. The maximum absolute atomic E-state index is 5.74. The van der Waals surface area contributed by atoms with Gasteiger partial charge in [-0.3, -0.25) is 4.99 Å². The van der Waals surface area contributed by atoms with Gasteiger partial charge in [-0.15, -0.1) is 24.0 Å². The van der Waals surface area contributed by atoms with Crippen molar-refractivity contribution < 1.29 is 4.74 Å². The van der Waals surface area contributed by atoms with Crippen molar-refractivity contribution in [3.63, 3.8) is 0 Å². The molecule has 0 unspecified atom stereocenters. The van der Waals surface area contributed by atoms with Gasteiger partial charge in [-0.1, -0.05) is 18.9 Å². The maximum atomic E-state index is 5.74. The van der Waals surface area contributed by atoms with Crippen LogP contribution >= 0.6 is 24.0 Å². The highest BCUT2D eigenvalue weighted by molar-refractivity contribution is 14.0. The predicted octanol–water partition coefficient (Wildman–Crippen LogP) is 2.39. The molecular formula is C13H21IN4O. The fraction of sp³-hybridized carbons (Fsp3) is 0.538. The van der Waals surface area contributed by atoms with Gasteiger partial charge in [0.15, 0.2) is 5.96 Å². The van der Waals surface area contributed by atoms with Crippen LogP contribution in [0.1, 0.15) is 25.7 Å². The first-order valence-electron chi connectivity index (χ1n) is 6.44. The summed E-state index contributed by atoms with van der Waals surface area (Å²) >= 11 is 0. The van der Waals surface area contributed by atoms with E-state index in [0.29, 0.717) is 31.0 Å². The Morgan fingerprint density at radius 1 is 1.42 bits per heavy atom. The number of aromatic nitrogens is 1. The molecule has 0 bridgehead atoms. The molecule has 0 atom stereocenters. The molecule has 19 heavy (non-hydrogen) atoms. The van der Waals surface area contributed by atoms with Crippen molar-refractivity contribution in [2.75, 3.05) is 18.5 Å². The molecule has 1 saturated carbocycles. The van der Waals surface area contributed by atoms with E-state index in [4.69, 9.17) is 10.5 Å². The van der Waals surface area contributed by atoms with E-state index in [1.807, 2.05) is 18.2 Å². The summed E-state index contributed by atoms with van der Waals surface area (Å²) in [5.41, 5.74) is 5.74. The summed E-state index contributed by atoms with van der Waals surface area (Å²) in [5, 5.41) is 2.93. The molecule has 0 aliphatic heterocycles. The van der Waals surface area contributed by atoms with Crippen LogP contribution in [-0.2, 0) is 4.74 Å². The van der Waals surface area contributed by atoms with Gasteiger partial charge in [0.1, 0.15) is 5.82 Å². The number of pyridine rings is 1. The predicted molar refractivity (Wildman–Crippen MR) is 88.0 cm³/mol. The molecule has 0 spiro atoms. The molecule has 2 rings (SSSR count). The van der Waals surface area contributed by atoms with E-state index in [2.05, 4.69) is 15.3 Å². The van der Waals surface area contributed by atoms with Crippen molar-refractivity contribution in [1.29, 1.82) is 0 Å². The van der Waals surface area contributed by atoms with Crippen LogP contribution in [0, 0.1) is 0 Å². The number of halogens is 1. The van der Waals surface area contributed by atoms with Gasteiger partial charge in [0.2, 0.25) is 0 Å². The van der Waals surface area contributed by atoms with Gasteiger partial charge in [-0.2, -0.15) is 0 Å². The standard InChI is InChI=1S/C13H20N4O.HI/c14-13(17-12-7-3-4-8-15-12)16-9-10-18-11-5-1-2-6-11;/h3-4,7-8,11H,1-2,5-6,9-10H2,(H3,14,15,16,17);1H. The van der Waals surface area contributed by atoms with Gasteiger partial charge in [0.05, 0.1) is 19.3 Å². The molecule has 0 radical (unpaired) electrons. The third-order valence-corrected chi connectivity index (χ3v) is 2.95. The SMILES string of the molecule is I.NC(=NCCOC1CCCC1)Nc1ccccn1. The molecule has 1 aromatic heterocycles. The summed E-state index contributed by atoms with van der Waals surface area (Å²) in [7, 11) is 0. The highest BCUT2D eigenvalue weighted by atomic mass is 127. The number of rotatable bonds is 5. The lowest BCUT2D eigenvalue weighted by molar-refractivity contribution is 0.0643. The lowest BCUT2D eigenvalue weighted by atomic mass is 10.3. The Balaban J connectivity index is 0.00000180. The molecule has 0 saturated heterocycles. The zero-order valence-electron chi connectivity index (χ0n) is 10.9. The maximum Gasteiger partial charge on any atom is 0.194 e. The fourth-order valence-corrected chi connectivity index (χ4v) is 2.05. The second-order valence-corrected chi connectivity index (χ2v) is 4.38. The van der Waals surface area contributed by atoms with E-state index in [1.165, 1.54) is 25.7 Å². The fourth-order valence-electron chi connectivity index (χ4n) is 2.05. The average molecular weight is 376 g/mol. The number of aliphatic imine (C=N–C) groups is 1. The van der Waals surface area contributed by atoms with Crippen LogP contribution in [0.4, 0.5) is 5.82 Å². The normalized spacial score (nSPS) is 16.1. The number of nitrogens with zero attached hydrogens (tertiary/aromatic N) is 2. The number of nitrogens with one attached hydrogen (secondary N) is 1. The van der Waals surface area contributed by atoms with Crippen molar-refractivity contribution in [3.05, 3.63) is 24.4 Å². The molecule has 1 aromatic rings. The average Bonchev–Trinajstić information content (AvgIpc) is 2.89. The number of ether oxygens (including phenoxy) is 1. The van der Waals surface area contributed by atoms with Crippen LogP contribution in [-0.4, -0.2) is 30.2 Å². The van der Waals surface area contributed by atoms with Gasteiger partial charge in [-0.25, -0.2) is 4.98 Å². The first-order chi connectivity index (χ1) is 8.84. The molecule has 3 N–H and O–H groups in total. The Morgan fingerprint density at radius 3 is 2.89 bits per heavy atom. The topological polar surface area (TPSA) is 72.5 Å². The summed E-state index contributed by atoms with van der Waals surface area (Å²) in [6.07, 6.45) is 7.09. The van der Waals surface area contributed by atoms with Crippen molar-refractivity contribution in [2.24, 2.45) is 10.7 Å². The van der Waals surface area contributed by atoms with E-state index in [-0.39, 0.29) is 24.0 Å². The minimum atomic E-state index is 0. The lowest BCUT2D eigenvalue weighted by Gasteiger charge is -2.09. The Hall–Kier alpha value is -0.890. The molecule has 6 heteroatoms. The Bertz CT molecular complexity index is 379. The number of anilines is 1. The van der Waals surface area contributed by atoms with E-state index in [1.54, 1.807) is 6.20 Å². The van der Waals surface area contributed by atoms with Crippen molar-refractivity contribution in [1.82, 2.24) is 4.98 Å². The van der Waals surface area contributed by atoms with Gasteiger partial charge in [-0.05, 0) is 25.0 Å². The minimum absolute atomic E-state index is 0. The molecular weight excluding hydrogens is 355 g/mol. The first-order valence-corrected chi connectivity index (χ1v) is 6.44. The first kappa shape index (κ1) is 16.2. The van der Waals surface area contributed by atoms with Crippen molar-refractivity contribution in [2.45, 2.75) is 31.8 Å². The third-order valence-electron chi connectivity index (χ3n) is 2.95. The molecule has 0 amide bonds. The van der Waals surface area contributed by atoms with E-state index in [9.17, 15) is 0 Å². The van der Waals surface area contributed by atoms with Crippen LogP contribution in [0.25, 0.3) is 0 Å². The van der Waals surface area contributed by atoms with Gasteiger partial charge < -0.3 is 15.8 Å². The number of nitrogens with two attached hydrogens (primary N) is 1.